The lowest BCUT2D eigenvalue weighted by atomic mass is 9.69. The summed E-state index contributed by atoms with van der Waals surface area (Å²) in [5.74, 6) is 1.80. The first-order valence-electron chi connectivity index (χ1n) is 15.5. The Hall–Kier alpha value is -3.71. The summed E-state index contributed by atoms with van der Waals surface area (Å²) >= 11 is 12.3. The van der Waals surface area contributed by atoms with Gasteiger partial charge in [0.1, 0.15) is 11.5 Å². The number of nitrogens with zero attached hydrogens (tertiary/aromatic N) is 3. The molecule has 0 unspecified atom stereocenters. The van der Waals surface area contributed by atoms with Crippen LogP contribution in [0.5, 0.6) is 11.5 Å². The van der Waals surface area contributed by atoms with E-state index >= 15 is 0 Å². The Balaban J connectivity index is 1.13. The van der Waals surface area contributed by atoms with Gasteiger partial charge in [0.15, 0.2) is 0 Å². The van der Waals surface area contributed by atoms with Crippen LogP contribution in [0.1, 0.15) is 39.9 Å². The number of piperazine rings is 1. The third kappa shape index (κ3) is 6.79. The predicted octanol–water partition coefficient (Wildman–Crippen LogP) is 7.56. The Morgan fingerprint density at radius 2 is 1.33 bits per heavy atom. The van der Waals surface area contributed by atoms with Crippen LogP contribution in [0.2, 0.25) is 10.0 Å². The minimum atomic E-state index is -0.147. The summed E-state index contributed by atoms with van der Waals surface area (Å²) in [4.78, 5) is 20.1. The summed E-state index contributed by atoms with van der Waals surface area (Å²) in [5.41, 5.74) is 5.40. The number of amides is 1. The molecule has 6 rings (SSSR count). The second-order valence-corrected chi connectivity index (χ2v) is 12.7. The van der Waals surface area contributed by atoms with E-state index in [0.29, 0.717) is 23.1 Å². The zero-order chi connectivity index (χ0) is 31.4. The summed E-state index contributed by atoms with van der Waals surface area (Å²) in [7, 11) is 3.41. The van der Waals surface area contributed by atoms with Crippen molar-refractivity contribution in [2.24, 2.45) is 0 Å². The highest BCUT2D eigenvalue weighted by Gasteiger charge is 2.39. The summed E-state index contributed by atoms with van der Waals surface area (Å²) in [5, 5.41) is 1.09. The molecule has 0 atom stereocenters. The molecule has 45 heavy (non-hydrogen) atoms. The molecule has 6 nitrogen and oxygen atoms in total. The third-order valence-electron chi connectivity index (χ3n) is 9.30. The SMILES string of the molecule is COc1ccc(C2(c3ccc(OC)cc3)CCCN(Cc3ccc(C(=O)N4CCN(c5ccc(Cl)c(Cl)c5)CC4)cc3)C2)cc1. The summed E-state index contributed by atoms with van der Waals surface area (Å²) in [6.07, 6.45) is 2.15. The van der Waals surface area contributed by atoms with E-state index in [1.54, 1.807) is 14.2 Å². The molecule has 2 heterocycles. The Morgan fingerprint density at radius 3 is 1.89 bits per heavy atom. The fourth-order valence-electron chi connectivity index (χ4n) is 6.78. The first-order chi connectivity index (χ1) is 21.9. The molecule has 4 aromatic rings. The molecule has 1 amide bonds. The van der Waals surface area contributed by atoms with Crippen LogP contribution in [0, 0.1) is 0 Å². The smallest absolute Gasteiger partial charge is 0.253 e. The van der Waals surface area contributed by atoms with Gasteiger partial charge in [-0.15, -0.1) is 0 Å². The van der Waals surface area contributed by atoms with E-state index in [2.05, 4.69) is 70.5 Å². The Labute approximate surface area is 276 Å². The number of methoxy groups -OCH3 is 2. The molecule has 0 saturated carbocycles. The van der Waals surface area contributed by atoms with E-state index in [1.807, 2.05) is 35.2 Å². The molecule has 2 saturated heterocycles. The number of rotatable bonds is 8. The number of likely N-dealkylation sites (tertiary alicyclic amines) is 1. The summed E-state index contributed by atoms with van der Waals surface area (Å²) in [6, 6.07) is 30.9. The van der Waals surface area contributed by atoms with Crippen LogP contribution in [0.4, 0.5) is 5.69 Å². The lowest BCUT2D eigenvalue weighted by molar-refractivity contribution is 0.0746. The molecule has 0 aromatic heterocycles. The van der Waals surface area contributed by atoms with E-state index in [1.165, 1.54) is 16.7 Å². The first kappa shape index (κ1) is 31.3. The zero-order valence-corrected chi connectivity index (χ0v) is 27.4. The van der Waals surface area contributed by atoms with E-state index in [-0.39, 0.29) is 11.3 Å². The second-order valence-electron chi connectivity index (χ2n) is 11.9. The van der Waals surface area contributed by atoms with Crippen LogP contribution < -0.4 is 14.4 Å². The average Bonchev–Trinajstić information content (AvgIpc) is 3.09. The zero-order valence-electron chi connectivity index (χ0n) is 25.8. The van der Waals surface area contributed by atoms with Gasteiger partial charge in [-0.3, -0.25) is 9.69 Å². The van der Waals surface area contributed by atoms with Gasteiger partial charge in [0.2, 0.25) is 0 Å². The van der Waals surface area contributed by atoms with Crippen LogP contribution in [-0.2, 0) is 12.0 Å². The maximum atomic E-state index is 13.4. The van der Waals surface area contributed by atoms with Gasteiger partial charge >= 0.3 is 0 Å². The summed E-state index contributed by atoms with van der Waals surface area (Å²) in [6.45, 7) is 5.57. The fourth-order valence-corrected chi connectivity index (χ4v) is 7.07. The van der Waals surface area contributed by atoms with E-state index in [0.717, 1.165) is 68.3 Å². The molecule has 0 bridgehead atoms. The maximum absolute atomic E-state index is 13.4. The highest BCUT2D eigenvalue weighted by molar-refractivity contribution is 6.42. The van der Waals surface area contributed by atoms with Crippen molar-refractivity contribution in [1.82, 2.24) is 9.80 Å². The van der Waals surface area contributed by atoms with Crippen molar-refractivity contribution >= 4 is 34.8 Å². The Kier molecular flexibility index (Phi) is 9.55. The molecule has 234 valence electrons. The normalized spacial score (nSPS) is 16.8. The number of hydrogen-bond acceptors (Lipinski definition) is 5. The van der Waals surface area contributed by atoms with Crippen molar-refractivity contribution in [3.63, 3.8) is 0 Å². The van der Waals surface area contributed by atoms with Crippen molar-refractivity contribution in [1.29, 1.82) is 0 Å². The van der Waals surface area contributed by atoms with E-state index in [4.69, 9.17) is 32.7 Å². The van der Waals surface area contributed by atoms with Crippen molar-refractivity contribution in [2.75, 3.05) is 58.4 Å². The number of anilines is 1. The number of hydrogen-bond donors (Lipinski definition) is 0. The fraction of sp³-hybridized carbons (Fsp3) is 0.324. The van der Waals surface area contributed by atoms with Gasteiger partial charge in [0.05, 0.1) is 24.3 Å². The molecule has 2 aliphatic rings. The van der Waals surface area contributed by atoms with Gasteiger partial charge in [0.25, 0.3) is 5.91 Å². The standard InChI is InChI=1S/C37H39Cl2N3O3/c1-44-32-13-8-29(9-14-32)37(30-10-15-33(45-2)16-11-30)18-3-19-40(26-37)25-27-4-6-28(7-5-27)36(43)42-22-20-41(21-23-42)31-12-17-34(38)35(39)24-31/h4-17,24H,3,18-23,25-26H2,1-2H3. The molecule has 4 aromatic carbocycles. The predicted molar refractivity (Wildman–Crippen MR) is 182 cm³/mol. The topological polar surface area (TPSA) is 45.3 Å². The molecule has 0 aliphatic carbocycles. The molecular formula is C37H39Cl2N3O3. The number of halogens is 2. The Morgan fingerprint density at radius 1 is 0.733 bits per heavy atom. The van der Waals surface area contributed by atoms with Gasteiger partial charge in [0, 0.05) is 55.9 Å². The number of carbonyl (C=O) groups is 1. The van der Waals surface area contributed by atoms with Gasteiger partial charge < -0.3 is 19.3 Å². The van der Waals surface area contributed by atoms with Crippen LogP contribution in [0.15, 0.2) is 91.0 Å². The quantitative estimate of drug-likeness (QED) is 0.198. The van der Waals surface area contributed by atoms with E-state index in [9.17, 15) is 4.79 Å². The highest BCUT2D eigenvalue weighted by Crippen LogP contribution is 2.42. The second kappa shape index (κ2) is 13.7. The lowest BCUT2D eigenvalue weighted by Gasteiger charge is -2.44. The molecule has 8 heteroatoms. The molecule has 2 aliphatic heterocycles. The molecular weight excluding hydrogens is 605 g/mol. The number of carbonyl (C=O) groups excluding carboxylic acids is 1. The van der Waals surface area contributed by atoms with Crippen LogP contribution in [0.3, 0.4) is 0 Å². The first-order valence-corrected chi connectivity index (χ1v) is 16.2. The van der Waals surface area contributed by atoms with Gasteiger partial charge in [-0.25, -0.2) is 0 Å². The van der Waals surface area contributed by atoms with Crippen LogP contribution in [0.25, 0.3) is 0 Å². The number of ether oxygens (including phenoxy) is 2. The van der Waals surface area contributed by atoms with Crippen molar-refractivity contribution in [2.45, 2.75) is 24.8 Å². The van der Waals surface area contributed by atoms with Crippen molar-refractivity contribution in [3.05, 3.63) is 123 Å². The highest BCUT2D eigenvalue weighted by atomic mass is 35.5. The van der Waals surface area contributed by atoms with Crippen molar-refractivity contribution in [3.8, 4) is 11.5 Å². The molecule has 0 radical (unpaired) electrons. The maximum Gasteiger partial charge on any atom is 0.253 e. The largest absolute Gasteiger partial charge is 0.497 e. The molecule has 0 spiro atoms. The summed E-state index contributed by atoms with van der Waals surface area (Å²) < 4.78 is 10.9. The number of benzene rings is 4. The van der Waals surface area contributed by atoms with Crippen LogP contribution in [-0.4, -0.2) is 69.2 Å². The average molecular weight is 645 g/mol. The van der Waals surface area contributed by atoms with Crippen molar-refractivity contribution < 1.29 is 14.3 Å². The van der Waals surface area contributed by atoms with Gasteiger partial charge in [-0.1, -0.05) is 59.6 Å². The lowest BCUT2D eigenvalue weighted by Crippen LogP contribution is -2.48. The Bertz CT molecular complexity index is 1550. The van der Waals surface area contributed by atoms with Gasteiger partial charge in [-0.05, 0) is 90.7 Å². The van der Waals surface area contributed by atoms with Crippen LogP contribution >= 0.6 is 23.2 Å². The number of piperidine rings is 1. The monoisotopic (exact) mass is 643 g/mol. The minimum absolute atomic E-state index is 0.0753. The van der Waals surface area contributed by atoms with Gasteiger partial charge in [-0.2, -0.15) is 0 Å². The molecule has 2 fully saturated rings. The third-order valence-corrected chi connectivity index (χ3v) is 10.0. The molecule has 0 N–H and O–H groups in total. The minimum Gasteiger partial charge on any atom is -0.497 e. The van der Waals surface area contributed by atoms with E-state index < -0.39 is 0 Å².